The van der Waals surface area contributed by atoms with Crippen LogP contribution < -0.4 is 10.6 Å². The van der Waals surface area contributed by atoms with Crippen molar-refractivity contribution in [3.8, 4) is 0 Å². The average molecular weight is 379 g/mol. The van der Waals surface area contributed by atoms with Gasteiger partial charge < -0.3 is 10.6 Å². The van der Waals surface area contributed by atoms with E-state index in [4.69, 9.17) is 0 Å². The van der Waals surface area contributed by atoms with E-state index in [1.54, 1.807) is 0 Å². The number of nitrogens with one attached hydrogen (secondary N) is 2. The maximum atomic E-state index is 12.1. The fourth-order valence-electron chi connectivity index (χ4n) is 2.43. The molecule has 27 heavy (non-hydrogen) atoms. The Balaban J connectivity index is 1.46. The van der Waals surface area contributed by atoms with Gasteiger partial charge in [0.25, 0.3) is 0 Å². The Labute approximate surface area is 163 Å². The number of para-hydroxylation sites is 1. The number of aryl methyl sites for hydroxylation is 2. The molecule has 3 rings (SSSR count). The Bertz CT molecular complexity index is 895. The van der Waals surface area contributed by atoms with E-state index in [-0.39, 0.29) is 5.91 Å². The van der Waals surface area contributed by atoms with Crippen LogP contribution in [0.2, 0.25) is 0 Å². The third-order valence-corrected chi connectivity index (χ3v) is 4.92. The Kier molecular flexibility index (Phi) is 6.44. The Morgan fingerprint density at radius 3 is 2.44 bits per heavy atom. The Morgan fingerprint density at radius 2 is 1.74 bits per heavy atom. The maximum absolute atomic E-state index is 12.1. The number of hydrogen-bond donors (Lipinski definition) is 2. The highest BCUT2D eigenvalue weighted by Gasteiger charge is 2.06. The molecular weight excluding hydrogens is 356 g/mol. The minimum Gasteiger partial charge on any atom is -0.365 e. The van der Waals surface area contributed by atoms with Gasteiger partial charge in [0.05, 0.1) is 5.75 Å². The van der Waals surface area contributed by atoms with E-state index in [2.05, 4.69) is 52.0 Å². The van der Waals surface area contributed by atoms with Crippen LogP contribution in [-0.4, -0.2) is 21.9 Å². The minimum atomic E-state index is -0.0577. The van der Waals surface area contributed by atoms with Crippen molar-refractivity contribution in [2.75, 3.05) is 16.4 Å². The van der Waals surface area contributed by atoms with Crippen molar-refractivity contribution in [3.63, 3.8) is 0 Å². The first-order valence-electron chi connectivity index (χ1n) is 8.71. The molecular formula is C21H22N4OS. The lowest BCUT2D eigenvalue weighted by atomic mass is 10.1. The number of aromatic nitrogens is 2. The number of rotatable bonds is 7. The number of hydrogen-bond acceptors (Lipinski definition) is 5. The molecule has 1 aromatic heterocycles. The topological polar surface area (TPSA) is 66.9 Å². The molecule has 2 aromatic carbocycles. The van der Waals surface area contributed by atoms with E-state index >= 15 is 0 Å². The predicted octanol–water partition coefficient (Wildman–Crippen LogP) is 4.44. The smallest absolute Gasteiger partial charge is 0.234 e. The standard InChI is InChI=1S/C21H22N4OS/c1-15-7-9-17(10-8-15)13-22-19-11-12-21(25-24-19)27-14-20(26)23-18-6-4-3-5-16(18)2/h3-12H,13-14H2,1-2H3,(H,22,24)(H,23,26). The van der Waals surface area contributed by atoms with Gasteiger partial charge in [-0.25, -0.2) is 0 Å². The minimum absolute atomic E-state index is 0.0577. The van der Waals surface area contributed by atoms with Gasteiger partial charge in [0.1, 0.15) is 10.8 Å². The number of carbonyl (C=O) groups excluding carboxylic acids is 1. The fraction of sp³-hybridized carbons (Fsp3) is 0.190. The zero-order valence-electron chi connectivity index (χ0n) is 15.4. The quantitative estimate of drug-likeness (QED) is 0.595. The predicted molar refractivity (Wildman–Crippen MR) is 111 cm³/mol. The van der Waals surface area contributed by atoms with Crippen LogP contribution in [0.4, 0.5) is 11.5 Å². The van der Waals surface area contributed by atoms with Crippen LogP contribution in [0, 0.1) is 13.8 Å². The van der Waals surface area contributed by atoms with E-state index in [1.165, 1.54) is 22.9 Å². The first kappa shape index (κ1) is 18.9. The molecule has 5 nitrogen and oxygen atoms in total. The number of anilines is 2. The Morgan fingerprint density at radius 1 is 0.963 bits per heavy atom. The van der Waals surface area contributed by atoms with Gasteiger partial charge in [-0.05, 0) is 43.2 Å². The molecule has 0 radical (unpaired) electrons. The Hall–Kier alpha value is -2.86. The van der Waals surface area contributed by atoms with Gasteiger partial charge in [-0.15, -0.1) is 10.2 Å². The summed E-state index contributed by atoms with van der Waals surface area (Å²) in [5.74, 6) is 0.945. The maximum Gasteiger partial charge on any atom is 0.234 e. The summed E-state index contributed by atoms with van der Waals surface area (Å²) in [5, 5.41) is 15.2. The van der Waals surface area contributed by atoms with E-state index in [9.17, 15) is 4.79 Å². The molecule has 1 heterocycles. The largest absolute Gasteiger partial charge is 0.365 e. The summed E-state index contributed by atoms with van der Waals surface area (Å²) < 4.78 is 0. The van der Waals surface area contributed by atoms with Gasteiger partial charge in [0.2, 0.25) is 5.91 Å². The average Bonchev–Trinajstić information content (AvgIpc) is 2.68. The molecule has 0 spiro atoms. The number of amides is 1. The number of thioether (sulfide) groups is 1. The van der Waals surface area contributed by atoms with Gasteiger partial charge in [0.15, 0.2) is 0 Å². The van der Waals surface area contributed by atoms with Crippen LogP contribution in [0.5, 0.6) is 0 Å². The van der Waals surface area contributed by atoms with Crippen molar-refractivity contribution in [2.45, 2.75) is 25.4 Å². The molecule has 1 amide bonds. The second kappa shape index (κ2) is 9.19. The van der Waals surface area contributed by atoms with Gasteiger partial charge >= 0.3 is 0 Å². The number of benzene rings is 2. The summed E-state index contributed by atoms with van der Waals surface area (Å²) in [4.78, 5) is 12.1. The van der Waals surface area contributed by atoms with Crippen LogP contribution in [0.15, 0.2) is 65.7 Å². The molecule has 0 aliphatic rings. The summed E-state index contributed by atoms with van der Waals surface area (Å²) in [6.45, 7) is 4.73. The highest BCUT2D eigenvalue weighted by atomic mass is 32.2. The zero-order valence-corrected chi connectivity index (χ0v) is 16.2. The summed E-state index contributed by atoms with van der Waals surface area (Å²) in [6, 6.07) is 19.8. The van der Waals surface area contributed by atoms with E-state index in [1.807, 2.05) is 43.3 Å². The van der Waals surface area contributed by atoms with Gasteiger partial charge in [-0.2, -0.15) is 0 Å². The molecule has 138 valence electrons. The summed E-state index contributed by atoms with van der Waals surface area (Å²) >= 11 is 1.36. The molecule has 0 aliphatic heterocycles. The molecule has 0 bridgehead atoms. The lowest BCUT2D eigenvalue weighted by Crippen LogP contribution is -2.14. The summed E-state index contributed by atoms with van der Waals surface area (Å²) in [6.07, 6.45) is 0. The van der Waals surface area contributed by atoms with Gasteiger partial charge in [0, 0.05) is 12.2 Å². The highest BCUT2D eigenvalue weighted by molar-refractivity contribution is 7.99. The first-order valence-corrected chi connectivity index (χ1v) is 9.70. The van der Waals surface area contributed by atoms with Crippen LogP contribution in [0.3, 0.4) is 0 Å². The SMILES string of the molecule is Cc1ccc(CNc2ccc(SCC(=O)Nc3ccccc3C)nn2)cc1. The summed E-state index contributed by atoms with van der Waals surface area (Å²) in [7, 11) is 0. The molecule has 0 saturated carbocycles. The highest BCUT2D eigenvalue weighted by Crippen LogP contribution is 2.18. The lowest BCUT2D eigenvalue weighted by Gasteiger charge is -2.08. The monoisotopic (exact) mass is 378 g/mol. The second-order valence-corrected chi connectivity index (χ2v) is 7.24. The third kappa shape index (κ3) is 5.82. The molecule has 0 atom stereocenters. The molecule has 0 fully saturated rings. The first-order chi connectivity index (χ1) is 13.1. The van der Waals surface area contributed by atoms with Crippen molar-refractivity contribution < 1.29 is 4.79 Å². The fourth-order valence-corrected chi connectivity index (χ4v) is 3.04. The zero-order chi connectivity index (χ0) is 19.1. The molecule has 0 unspecified atom stereocenters. The molecule has 2 N–H and O–H groups in total. The van der Waals surface area contributed by atoms with Crippen LogP contribution in [-0.2, 0) is 11.3 Å². The van der Waals surface area contributed by atoms with Crippen molar-refractivity contribution in [1.82, 2.24) is 10.2 Å². The van der Waals surface area contributed by atoms with Crippen molar-refractivity contribution in [1.29, 1.82) is 0 Å². The number of nitrogens with zero attached hydrogens (tertiary/aromatic N) is 2. The van der Waals surface area contributed by atoms with Crippen molar-refractivity contribution in [3.05, 3.63) is 77.4 Å². The molecule has 0 aliphatic carbocycles. The normalized spacial score (nSPS) is 10.4. The van der Waals surface area contributed by atoms with Crippen LogP contribution in [0.1, 0.15) is 16.7 Å². The second-order valence-electron chi connectivity index (χ2n) is 6.25. The van der Waals surface area contributed by atoms with E-state index < -0.39 is 0 Å². The molecule has 3 aromatic rings. The van der Waals surface area contributed by atoms with Gasteiger partial charge in [-0.1, -0.05) is 59.8 Å². The summed E-state index contributed by atoms with van der Waals surface area (Å²) in [5.41, 5.74) is 4.31. The van der Waals surface area contributed by atoms with E-state index in [0.717, 1.165) is 16.3 Å². The van der Waals surface area contributed by atoms with Crippen LogP contribution >= 0.6 is 11.8 Å². The lowest BCUT2D eigenvalue weighted by molar-refractivity contribution is -0.113. The van der Waals surface area contributed by atoms with Gasteiger partial charge in [-0.3, -0.25) is 4.79 Å². The molecule has 0 saturated heterocycles. The van der Waals surface area contributed by atoms with E-state index in [0.29, 0.717) is 18.1 Å². The number of carbonyl (C=O) groups is 1. The third-order valence-electron chi connectivity index (χ3n) is 4.00. The van der Waals surface area contributed by atoms with Crippen molar-refractivity contribution in [2.24, 2.45) is 0 Å². The van der Waals surface area contributed by atoms with Crippen molar-refractivity contribution >= 4 is 29.2 Å². The van der Waals surface area contributed by atoms with Crippen LogP contribution in [0.25, 0.3) is 0 Å². The molecule has 6 heteroatoms.